The van der Waals surface area contributed by atoms with E-state index in [-0.39, 0.29) is 11.3 Å². The Morgan fingerprint density at radius 3 is 2.24 bits per heavy atom. The zero-order valence-electron chi connectivity index (χ0n) is 19.3. The van der Waals surface area contributed by atoms with Crippen LogP contribution in [0.4, 0.5) is 4.39 Å². The molecule has 2 unspecified atom stereocenters. The van der Waals surface area contributed by atoms with Gasteiger partial charge in [0.15, 0.2) is 17.3 Å². The largest absolute Gasteiger partial charge is 0.497 e. The molecule has 1 fully saturated rings. The summed E-state index contributed by atoms with van der Waals surface area (Å²) in [6.07, 6.45) is 0. The van der Waals surface area contributed by atoms with Crippen LogP contribution in [0.2, 0.25) is 0 Å². The molecule has 2 aromatic carbocycles. The molecule has 1 saturated heterocycles. The van der Waals surface area contributed by atoms with Crippen molar-refractivity contribution in [2.75, 3.05) is 40.4 Å². The molecule has 0 aliphatic carbocycles. The number of rotatable bonds is 10. The number of carbonyl (C=O) groups is 3. The number of hydrogen-bond donors (Lipinski definition) is 0. The second kappa shape index (κ2) is 10.6. The van der Waals surface area contributed by atoms with Gasteiger partial charge in [0.1, 0.15) is 11.7 Å². The van der Waals surface area contributed by atoms with E-state index < -0.39 is 35.3 Å². The minimum absolute atomic E-state index is 0.00655. The van der Waals surface area contributed by atoms with Gasteiger partial charge in [0.05, 0.1) is 20.3 Å². The molecule has 176 valence electrons. The number of likely N-dealkylation sites (tertiary alicyclic amines) is 1. The van der Waals surface area contributed by atoms with E-state index in [0.717, 1.165) is 19.2 Å². The summed E-state index contributed by atoms with van der Waals surface area (Å²) in [5.41, 5.74) is 0.658. The summed E-state index contributed by atoms with van der Waals surface area (Å²) in [6.45, 7) is 6.50. The van der Waals surface area contributed by atoms with Gasteiger partial charge in [-0.3, -0.25) is 14.4 Å². The van der Waals surface area contributed by atoms with Crippen LogP contribution in [0.3, 0.4) is 0 Å². The average molecular weight is 457 g/mol. The van der Waals surface area contributed by atoms with Crippen LogP contribution in [0.25, 0.3) is 0 Å². The lowest BCUT2D eigenvalue weighted by atomic mass is 9.86. The Labute approximate surface area is 193 Å². The molecule has 1 aliphatic rings. The molecule has 2 aromatic rings. The lowest BCUT2D eigenvalue weighted by Gasteiger charge is -2.29. The Kier molecular flexibility index (Phi) is 7.81. The van der Waals surface area contributed by atoms with Crippen LogP contribution in [0.5, 0.6) is 11.5 Å². The molecule has 0 spiro atoms. The van der Waals surface area contributed by atoms with Gasteiger partial charge in [-0.1, -0.05) is 26.0 Å². The van der Waals surface area contributed by atoms with Crippen LogP contribution >= 0.6 is 0 Å². The van der Waals surface area contributed by atoms with E-state index in [1.165, 1.54) is 24.1 Å². The molecule has 8 heteroatoms. The Morgan fingerprint density at radius 1 is 1.03 bits per heavy atom. The highest BCUT2D eigenvalue weighted by Crippen LogP contribution is 2.39. The molecule has 3 rings (SSSR count). The SMILES string of the molecule is CCN(CC)CCN1C(=O)C(=O)C(C(=O)c2ccc(OC)c(F)c2)C1c1ccc(OC)cc1. The minimum Gasteiger partial charge on any atom is -0.497 e. The van der Waals surface area contributed by atoms with Gasteiger partial charge in [0, 0.05) is 18.7 Å². The van der Waals surface area contributed by atoms with Gasteiger partial charge < -0.3 is 19.3 Å². The van der Waals surface area contributed by atoms with Crippen molar-refractivity contribution in [1.82, 2.24) is 9.80 Å². The van der Waals surface area contributed by atoms with Crippen LogP contribution in [0.1, 0.15) is 35.8 Å². The molecule has 1 heterocycles. The minimum atomic E-state index is -1.27. The highest BCUT2D eigenvalue weighted by molar-refractivity contribution is 6.44. The predicted octanol–water partition coefficient (Wildman–Crippen LogP) is 3.14. The monoisotopic (exact) mass is 456 g/mol. The summed E-state index contributed by atoms with van der Waals surface area (Å²) in [5.74, 6) is -3.44. The number of benzene rings is 2. The van der Waals surface area contributed by atoms with Crippen molar-refractivity contribution in [2.45, 2.75) is 19.9 Å². The number of halogens is 1. The number of amides is 1. The maximum Gasteiger partial charge on any atom is 0.291 e. The van der Waals surface area contributed by atoms with E-state index in [0.29, 0.717) is 24.4 Å². The summed E-state index contributed by atoms with van der Waals surface area (Å²) in [7, 11) is 2.87. The predicted molar refractivity (Wildman–Crippen MR) is 121 cm³/mol. The number of carbonyl (C=O) groups excluding carboxylic acids is 3. The van der Waals surface area contributed by atoms with Crippen molar-refractivity contribution in [3.8, 4) is 11.5 Å². The van der Waals surface area contributed by atoms with Gasteiger partial charge in [-0.05, 0) is 49.0 Å². The van der Waals surface area contributed by atoms with Crippen LogP contribution in [0, 0.1) is 11.7 Å². The third-order valence-corrected chi connectivity index (χ3v) is 6.13. The van der Waals surface area contributed by atoms with Gasteiger partial charge in [-0.2, -0.15) is 0 Å². The highest BCUT2D eigenvalue weighted by Gasteiger charge is 2.51. The van der Waals surface area contributed by atoms with Crippen molar-refractivity contribution in [3.63, 3.8) is 0 Å². The Morgan fingerprint density at radius 2 is 1.70 bits per heavy atom. The summed E-state index contributed by atoms with van der Waals surface area (Å²) >= 11 is 0. The summed E-state index contributed by atoms with van der Waals surface area (Å²) in [5, 5.41) is 0. The summed E-state index contributed by atoms with van der Waals surface area (Å²) in [6, 6.07) is 9.94. The van der Waals surface area contributed by atoms with Gasteiger partial charge in [-0.15, -0.1) is 0 Å². The van der Waals surface area contributed by atoms with Gasteiger partial charge in [0.25, 0.3) is 5.91 Å². The average Bonchev–Trinajstić information content (AvgIpc) is 3.09. The maximum atomic E-state index is 14.3. The molecule has 0 bridgehead atoms. The van der Waals surface area contributed by atoms with Crippen molar-refractivity contribution in [2.24, 2.45) is 5.92 Å². The first-order valence-corrected chi connectivity index (χ1v) is 10.9. The van der Waals surface area contributed by atoms with E-state index in [1.54, 1.807) is 31.4 Å². The number of ketones is 2. The maximum absolute atomic E-state index is 14.3. The van der Waals surface area contributed by atoms with Crippen molar-refractivity contribution in [3.05, 3.63) is 59.4 Å². The number of ether oxygens (including phenoxy) is 2. The van der Waals surface area contributed by atoms with Crippen LogP contribution < -0.4 is 9.47 Å². The number of hydrogen-bond acceptors (Lipinski definition) is 6. The molecule has 1 aliphatic heterocycles. The molecule has 0 aromatic heterocycles. The van der Waals surface area contributed by atoms with Gasteiger partial charge >= 0.3 is 0 Å². The molecular formula is C25H29FN2O5. The smallest absolute Gasteiger partial charge is 0.291 e. The molecule has 2 atom stereocenters. The van der Waals surface area contributed by atoms with E-state index in [4.69, 9.17) is 9.47 Å². The van der Waals surface area contributed by atoms with Crippen molar-refractivity contribution < 1.29 is 28.2 Å². The van der Waals surface area contributed by atoms with E-state index in [1.807, 2.05) is 13.8 Å². The fraction of sp³-hybridized carbons (Fsp3) is 0.400. The molecule has 7 nitrogen and oxygen atoms in total. The van der Waals surface area contributed by atoms with Gasteiger partial charge in [-0.25, -0.2) is 4.39 Å². The second-order valence-corrected chi connectivity index (χ2v) is 7.80. The zero-order chi connectivity index (χ0) is 24.1. The molecular weight excluding hydrogens is 427 g/mol. The summed E-state index contributed by atoms with van der Waals surface area (Å²) < 4.78 is 24.4. The molecule has 0 radical (unpaired) electrons. The van der Waals surface area contributed by atoms with Crippen LogP contribution in [-0.4, -0.2) is 67.7 Å². The van der Waals surface area contributed by atoms with Crippen molar-refractivity contribution in [1.29, 1.82) is 0 Å². The highest BCUT2D eigenvalue weighted by atomic mass is 19.1. The first-order valence-electron chi connectivity index (χ1n) is 10.9. The molecule has 0 saturated carbocycles. The van der Waals surface area contributed by atoms with Gasteiger partial charge in [0.2, 0.25) is 5.78 Å². The third-order valence-electron chi connectivity index (χ3n) is 6.13. The number of nitrogens with zero attached hydrogens (tertiary/aromatic N) is 2. The third kappa shape index (κ3) is 4.90. The van der Waals surface area contributed by atoms with E-state index >= 15 is 0 Å². The lowest BCUT2D eigenvalue weighted by molar-refractivity contribution is -0.140. The molecule has 1 amide bonds. The standard InChI is InChI=1S/C25H29FN2O5/c1-5-27(6-2)13-14-28-22(16-7-10-18(32-3)11-8-16)21(24(30)25(28)31)23(29)17-9-12-20(33-4)19(26)15-17/h7-12,15,21-22H,5-6,13-14H2,1-4H3. The second-order valence-electron chi connectivity index (χ2n) is 7.80. The molecule has 33 heavy (non-hydrogen) atoms. The first kappa shape index (κ1) is 24.4. The fourth-order valence-electron chi connectivity index (χ4n) is 4.19. The normalized spacial score (nSPS) is 18.2. The lowest BCUT2D eigenvalue weighted by Crippen LogP contribution is -2.38. The van der Waals surface area contributed by atoms with Crippen LogP contribution in [0.15, 0.2) is 42.5 Å². The number of likely N-dealkylation sites (N-methyl/N-ethyl adjacent to an activating group) is 1. The quantitative estimate of drug-likeness (QED) is 0.311. The van der Waals surface area contributed by atoms with E-state index in [2.05, 4.69) is 4.90 Å². The van der Waals surface area contributed by atoms with Crippen LogP contribution in [-0.2, 0) is 9.59 Å². The fourth-order valence-corrected chi connectivity index (χ4v) is 4.19. The summed E-state index contributed by atoms with van der Waals surface area (Å²) in [4.78, 5) is 43.1. The first-order chi connectivity index (χ1) is 15.9. The Bertz CT molecular complexity index is 1020. The Balaban J connectivity index is 2.01. The van der Waals surface area contributed by atoms with Crippen molar-refractivity contribution >= 4 is 17.5 Å². The number of Topliss-reactive ketones (excluding diaryl/α,β-unsaturated/α-hetero) is 2. The Hall–Kier alpha value is -3.26. The topological polar surface area (TPSA) is 76.2 Å². The zero-order valence-corrected chi connectivity index (χ0v) is 19.3. The number of methoxy groups -OCH3 is 2. The van der Waals surface area contributed by atoms with E-state index in [9.17, 15) is 18.8 Å². The molecule has 0 N–H and O–H groups in total.